The molecule has 196 valence electrons. The van der Waals surface area contributed by atoms with Crippen LogP contribution in [0, 0.1) is 6.92 Å². The number of thiazole rings is 1. The zero-order valence-corrected chi connectivity index (χ0v) is 22.5. The number of aromatic nitrogens is 1. The summed E-state index contributed by atoms with van der Waals surface area (Å²) in [5.74, 6) is 1.68. The largest absolute Gasteiger partial charge is 0.494 e. The van der Waals surface area contributed by atoms with Crippen LogP contribution in [-0.4, -0.2) is 65.4 Å². The van der Waals surface area contributed by atoms with E-state index < -0.39 is 0 Å². The van der Waals surface area contributed by atoms with E-state index in [4.69, 9.17) is 42.4 Å². The molecule has 0 atom stereocenters. The number of benzene rings is 2. The predicted molar refractivity (Wildman–Crippen MR) is 150 cm³/mol. The molecule has 1 aromatic heterocycles. The standard InChI is InChI=1S/C27H32N4O4S2/c1-19-29-24(25(37-19)27(36)31-13-17-33-18-14-31)20-5-9-22(10-6-20)34-15-3-2-4-16-35-23-11-7-21(8-12-23)26(28)30-32/h5-12,32H,2-4,13-18H2,1H3,(H2,28,30). The minimum Gasteiger partial charge on any atom is -0.494 e. The molecule has 4 rings (SSSR count). The van der Waals surface area contributed by atoms with Crippen molar-refractivity contribution in [3.8, 4) is 22.8 Å². The first-order valence-electron chi connectivity index (χ1n) is 12.3. The Morgan fingerprint density at radius 3 is 2.22 bits per heavy atom. The third-order valence-electron chi connectivity index (χ3n) is 5.94. The summed E-state index contributed by atoms with van der Waals surface area (Å²) in [6, 6.07) is 15.2. The lowest BCUT2D eigenvalue weighted by molar-refractivity contribution is 0.0693. The van der Waals surface area contributed by atoms with E-state index >= 15 is 0 Å². The van der Waals surface area contributed by atoms with E-state index in [1.54, 1.807) is 23.5 Å². The van der Waals surface area contributed by atoms with E-state index in [9.17, 15) is 0 Å². The van der Waals surface area contributed by atoms with Gasteiger partial charge in [0, 0.05) is 24.2 Å². The first kappa shape index (κ1) is 26.8. The number of rotatable bonds is 11. The van der Waals surface area contributed by atoms with Gasteiger partial charge in [0.15, 0.2) is 5.84 Å². The van der Waals surface area contributed by atoms with Gasteiger partial charge in [-0.2, -0.15) is 0 Å². The second-order valence-corrected chi connectivity index (χ2v) is 10.2. The number of amidine groups is 1. The molecule has 0 spiro atoms. The normalized spacial score (nSPS) is 14.0. The van der Waals surface area contributed by atoms with Gasteiger partial charge in [-0.25, -0.2) is 4.98 Å². The van der Waals surface area contributed by atoms with Crippen LogP contribution in [0.15, 0.2) is 53.7 Å². The van der Waals surface area contributed by atoms with Crippen molar-refractivity contribution < 1.29 is 19.4 Å². The highest BCUT2D eigenvalue weighted by molar-refractivity contribution is 7.81. The maximum Gasteiger partial charge on any atom is 0.170 e. The molecule has 1 saturated heterocycles. The van der Waals surface area contributed by atoms with Gasteiger partial charge in [0.2, 0.25) is 0 Å². The topological polar surface area (TPSA) is 102 Å². The smallest absolute Gasteiger partial charge is 0.170 e. The Hall–Kier alpha value is -3.21. The van der Waals surface area contributed by atoms with Crippen LogP contribution in [0.2, 0.25) is 0 Å². The Labute approximate surface area is 226 Å². The molecule has 1 aliphatic heterocycles. The molecule has 3 aromatic rings. The van der Waals surface area contributed by atoms with E-state index in [2.05, 4.69) is 10.1 Å². The lowest BCUT2D eigenvalue weighted by Gasteiger charge is -2.28. The Morgan fingerprint density at radius 2 is 1.62 bits per heavy atom. The Balaban J connectivity index is 1.19. The maximum atomic E-state index is 8.71. The summed E-state index contributed by atoms with van der Waals surface area (Å²) in [5.41, 5.74) is 8.19. The minimum absolute atomic E-state index is 0.0806. The van der Waals surface area contributed by atoms with Gasteiger partial charge >= 0.3 is 0 Å². The van der Waals surface area contributed by atoms with Crippen molar-refractivity contribution in [2.45, 2.75) is 26.2 Å². The van der Waals surface area contributed by atoms with Gasteiger partial charge < -0.3 is 30.1 Å². The average Bonchev–Trinajstić information content (AvgIpc) is 3.34. The zero-order valence-electron chi connectivity index (χ0n) is 20.9. The molecule has 0 aliphatic carbocycles. The number of oxime groups is 1. The summed E-state index contributed by atoms with van der Waals surface area (Å²) in [6.07, 6.45) is 2.87. The molecule has 8 nitrogen and oxygen atoms in total. The number of unbranched alkanes of at least 4 members (excludes halogenated alkanes) is 2. The molecular weight excluding hydrogens is 508 g/mol. The first-order chi connectivity index (χ1) is 18.0. The van der Waals surface area contributed by atoms with Crippen molar-refractivity contribution >= 4 is 34.4 Å². The number of hydrogen-bond donors (Lipinski definition) is 2. The number of thiocarbonyl (C=S) groups is 1. The molecule has 0 unspecified atom stereocenters. The molecule has 2 aromatic carbocycles. The summed E-state index contributed by atoms with van der Waals surface area (Å²) in [4.78, 5) is 8.87. The SMILES string of the molecule is Cc1nc(-c2ccc(OCCCCCOc3ccc(/C(N)=N\O)cc3)cc2)c(C(=S)N2CCOCC2)s1. The molecule has 37 heavy (non-hydrogen) atoms. The molecular formula is C27H32N4O4S2. The van der Waals surface area contributed by atoms with Crippen LogP contribution in [0.5, 0.6) is 11.5 Å². The predicted octanol–water partition coefficient (Wildman–Crippen LogP) is 4.85. The van der Waals surface area contributed by atoms with E-state index in [1.165, 1.54) is 0 Å². The van der Waals surface area contributed by atoms with E-state index in [0.717, 1.165) is 70.0 Å². The van der Waals surface area contributed by atoms with E-state index in [-0.39, 0.29) is 5.84 Å². The third kappa shape index (κ3) is 7.41. The molecule has 0 bridgehead atoms. The zero-order chi connectivity index (χ0) is 26.0. The fraction of sp³-hybridized carbons (Fsp3) is 0.370. The summed E-state index contributed by atoms with van der Waals surface area (Å²) >= 11 is 7.45. The molecule has 0 radical (unpaired) electrons. The van der Waals surface area contributed by atoms with Gasteiger partial charge in [0.05, 0.1) is 42.0 Å². The van der Waals surface area contributed by atoms with Crippen LogP contribution in [0.25, 0.3) is 11.3 Å². The number of nitrogens with two attached hydrogens (primary N) is 1. The molecule has 2 heterocycles. The monoisotopic (exact) mass is 540 g/mol. The summed E-state index contributed by atoms with van der Waals surface area (Å²) in [5, 5.41) is 12.7. The number of hydrogen-bond acceptors (Lipinski definition) is 8. The molecule has 1 aliphatic rings. The fourth-order valence-electron chi connectivity index (χ4n) is 3.93. The summed E-state index contributed by atoms with van der Waals surface area (Å²) in [6.45, 7) is 6.34. The van der Waals surface area contributed by atoms with Crippen molar-refractivity contribution in [3.05, 3.63) is 64.0 Å². The Bertz CT molecular complexity index is 1190. The molecule has 0 saturated carbocycles. The van der Waals surface area contributed by atoms with Crippen molar-refractivity contribution in [2.24, 2.45) is 10.9 Å². The average molecular weight is 541 g/mol. The Kier molecular flexibility index (Phi) is 9.70. The Morgan fingerprint density at radius 1 is 1.03 bits per heavy atom. The highest BCUT2D eigenvalue weighted by Crippen LogP contribution is 2.31. The molecule has 10 heteroatoms. The van der Waals surface area contributed by atoms with Crippen LogP contribution in [0.1, 0.15) is 34.7 Å². The van der Waals surface area contributed by atoms with Crippen LogP contribution in [0.3, 0.4) is 0 Å². The fourth-order valence-corrected chi connectivity index (χ4v) is 5.24. The third-order valence-corrected chi connectivity index (χ3v) is 7.51. The lowest BCUT2D eigenvalue weighted by Crippen LogP contribution is -2.40. The quantitative estimate of drug-likeness (QED) is 0.0889. The number of aryl methyl sites for hydroxylation is 1. The second kappa shape index (κ2) is 13.4. The van der Waals surface area contributed by atoms with Crippen molar-refractivity contribution in [1.29, 1.82) is 0 Å². The van der Waals surface area contributed by atoms with Gasteiger partial charge in [-0.3, -0.25) is 0 Å². The van der Waals surface area contributed by atoms with Gasteiger partial charge in [-0.15, -0.1) is 11.3 Å². The van der Waals surface area contributed by atoms with Gasteiger partial charge in [0.25, 0.3) is 0 Å². The molecule has 3 N–H and O–H groups in total. The van der Waals surface area contributed by atoms with Crippen LogP contribution in [0.4, 0.5) is 0 Å². The van der Waals surface area contributed by atoms with Crippen LogP contribution in [-0.2, 0) is 4.74 Å². The first-order valence-corrected chi connectivity index (χ1v) is 13.6. The van der Waals surface area contributed by atoms with Gasteiger partial charge in [-0.05, 0) is 74.7 Å². The number of ether oxygens (including phenoxy) is 3. The number of nitrogens with zero attached hydrogens (tertiary/aromatic N) is 3. The van der Waals surface area contributed by atoms with Gasteiger partial charge in [0.1, 0.15) is 16.5 Å². The second-order valence-electron chi connectivity index (χ2n) is 8.61. The molecule has 0 amide bonds. The van der Waals surface area contributed by atoms with Crippen molar-refractivity contribution in [3.63, 3.8) is 0 Å². The lowest BCUT2D eigenvalue weighted by atomic mass is 10.1. The summed E-state index contributed by atoms with van der Waals surface area (Å²) < 4.78 is 17.2. The minimum atomic E-state index is 0.0806. The molecule has 1 fully saturated rings. The number of morpholine rings is 1. The van der Waals surface area contributed by atoms with E-state index in [1.807, 2.05) is 43.3 Å². The van der Waals surface area contributed by atoms with Crippen LogP contribution < -0.4 is 15.2 Å². The van der Waals surface area contributed by atoms with Crippen LogP contribution >= 0.6 is 23.6 Å². The maximum absolute atomic E-state index is 8.71. The summed E-state index contributed by atoms with van der Waals surface area (Å²) in [7, 11) is 0. The van der Waals surface area contributed by atoms with Gasteiger partial charge in [-0.1, -0.05) is 17.4 Å². The highest BCUT2D eigenvalue weighted by atomic mass is 32.1. The highest BCUT2D eigenvalue weighted by Gasteiger charge is 2.21. The van der Waals surface area contributed by atoms with Crippen molar-refractivity contribution in [1.82, 2.24) is 9.88 Å². The van der Waals surface area contributed by atoms with E-state index in [0.29, 0.717) is 32.0 Å². The van der Waals surface area contributed by atoms with Crippen molar-refractivity contribution in [2.75, 3.05) is 39.5 Å².